The summed E-state index contributed by atoms with van der Waals surface area (Å²) in [6.45, 7) is 9.06. The van der Waals surface area contributed by atoms with Crippen molar-refractivity contribution in [3.8, 4) is 11.4 Å². The molecule has 3 aliphatic rings. The second kappa shape index (κ2) is 12.1. The maximum absolute atomic E-state index is 13.9. The maximum Gasteiger partial charge on any atom is 0.246 e. The molecule has 1 spiro atoms. The van der Waals surface area contributed by atoms with E-state index in [0.717, 1.165) is 74.6 Å². The number of hydrogen-bond acceptors (Lipinski definition) is 6. The largest absolute Gasteiger partial charge is 0.497 e. The number of ether oxygens (including phenoxy) is 1. The second-order valence-corrected chi connectivity index (χ2v) is 12.4. The van der Waals surface area contributed by atoms with Gasteiger partial charge >= 0.3 is 0 Å². The number of aliphatic hydroxyl groups is 1. The van der Waals surface area contributed by atoms with Gasteiger partial charge in [-0.05, 0) is 70.2 Å². The number of carbonyl (C=O) groups is 2. The van der Waals surface area contributed by atoms with Crippen molar-refractivity contribution in [3.63, 3.8) is 0 Å². The number of piperidine rings is 1. The minimum absolute atomic E-state index is 0.0158. The van der Waals surface area contributed by atoms with Gasteiger partial charge in [0.25, 0.3) is 0 Å². The molecule has 0 radical (unpaired) electrons. The topological polar surface area (TPSA) is 99.9 Å². The molecule has 5 rings (SSSR count). The Morgan fingerprint density at radius 3 is 2.37 bits per heavy atom. The molecular weight excluding hydrogens is 518 g/mol. The van der Waals surface area contributed by atoms with Crippen molar-refractivity contribution < 1.29 is 19.4 Å². The van der Waals surface area contributed by atoms with E-state index >= 15 is 0 Å². The summed E-state index contributed by atoms with van der Waals surface area (Å²) in [4.78, 5) is 31.9. The number of carbonyl (C=O) groups excluding carboxylic acids is 2. The van der Waals surface area contributed by atoms with E-state index in [0.29, 0.717) is 38.6 Å². The second-order valence-electron chi connectivity index (χ2n) is 12.4. The van der Waals surface area contributed by atoms with E-state index in [4.69, 9.17) is 9.84 Å². The third kappa shape index (κ3) is 5.89. The number of amides is 2. The smallest absolute Gasteiger partial charge is 0.246 e. The van der Waals surface area contributed by atoms with Gasteiger partial charge in [-0.2, -0.15) is 5.10 Å². The lowest BCUT2D eigenvalue weighted by Gasteiger charge is -2.52. The third-order valence-electron chi connectivity index (χ3n) is 9.74. The summed E-state index contributed by atoms with van der Waals surface area (Å²) in [6, 6.07) is 7.26. The number of nitrogens with zero attached hydrogens (tertiary/aromatic N) is 4. The predicted octanol–water partition coefficient (Wildman–Crippen LogP) is 4.04. The first kappa shape index (κ1) is 29.6. The number of aromatic nitrogens is 2. The van der Waals surface area contributed by atoms with Crippen LogP contribution >= 0.6 is 0 Å². The van der Waals surface area contributed by atoms with Gasteiger partial charge in [0, 0.05) is 43.9 Å². The van der Waals surface area contributed by atoms with Gasteiger partial charge in [-0.1, -0.05) is 32.6 Å². The van der Waals surface area contributed by atoms with Crippen molar-refractivity contribution in [2.75, 3.05) is 26.7 Å². The summed E-state index contributed by atoms with van der Waals surface area (Å²) >= 11 is 0. The maximum atomic E-state index is 13.9. The fraction of sp³-hybridized carbons (Fsp3) is 0.656. The van der Waals surface area contributed by atoms with E-state index < -0.39 is 17.2 Å². The average molecular weight is 566 g/mol. The van der Waals surface area contributed by atoms with Crippen LogP contribution in [0.2, 0.25) is 0 Å². The summed E-state index contributed by atoms with van der Waals surface area (Å²) < 4.78 is 7.28. The number of methoxy groups -OCH3 is 1. The lowest BCUT2D eigenvalue weighted by Crippen LogP contribution is -2.73. The summed E-state index contributed by atoms with van der Waals surface area (Å²) in [5.74, 6) is 0.752. The fourth-order valence-electron chi connectivity index (χ4n) is 7.13. The normalized spacial score (nSPS) is 22.7. The molecule has 1 aromatic heterocycles. The molecule has 2 aromatic rings. The van der Waals surface area contributed by atoms with E-state index in [-0.39, 0.29) is 11.8 Å². The highest BCUT2D eigenvalue weighted by molar-refractivity contribution is 6.00. The zero-order valence-corrected chi connectivity index (χ0v) is 25.2. The summed E-state index contributed by atoms with van der Waals surface area (Å²) in [5, 5.41) is 19.1. The average Bonchev–Trinajstić information content (AvgIpc) is 3.25. The number of likely N-dealkylation sites (tertiary alicyclic amines) is 1. The highest BCUT2D eigenvalue weighted by atomic mass is 16.5. The Balaban J connectivity index is 1.29. The molecule has 1 saturated carbocycles. The molecule has 0 bridgehead atoms. The summed E-state index contributed by atoms with van der Waals surface area (Å²) in [5.41, 5.74) is 2.62. The van der Waals surface area contributed by atoms with Gasteiger partial charge < -0.3 is 20.1 Å². The van der Waals surface area contributed by atoms with Crippen LogP contribution in [-0.4, -0.2) is 80.4 Å². The molecule has 1 aromatic carbocycles. The molecule has 9 heteroatoms. The molecule has 3 fully saturated rings. The molecule has 2 amide bonds. The molecule has 224 valence electrons. The molecule has 41 heavy (non-hydrogen) atoms. The highest BCUT2D eigenvalue weighted by Crippen LogP contribution is 2.38. The first-order valence-corrected chi connectivity index (χ1v) is 15.5. The number of nitrogens with one attached hydrogen (secondary N) is 1. The number of aryl methyl sites for hydroxylation is 1. The molecule has 3 heterocycles. The van der Waals surface area contributed by atoms with Crippen LogP contribution in [0.5, 0.6) is 5.75 Å². The SMILES string of the molecule is CCCCN1C(=O)[C@@H](CC2(O)CCCCC2)NC(=O)C12CCN(Cc1c(C)nn(-c3ccc(OC)cc3)c1C)CC2. The molecule has 9 nitrogen and oxygen atoms in total. The van der Waals surface area contributed by atoms with Crippen molar-refractivity contribution in [3.05, 3.63) is 41.2 Å². The molecular formula is C32H47N5O4. The van der Waals surface area contributed by atoms with Crippen LogP contribution in [0.15, 0.2) is 24.3 Å². The van der Waals surface area contributed by atoms with Gasteiger partial charge in [-0.25, -0.2) is 4.68 Å². The Labute approximate surface area is 244 Å². The number of benzene rings is 1. The lowest BCUT2D eigenvalue weighted by atomic mass is 9.77. The Morgan fingerprint density at radius 2 is 1.73 bits per heavy atom. The van der Waals surface area contributed by atoms with Crippen molar-refractivity contribution in [1.82, 2.24) is 24.9 Å². The first-order chi connectivity index (χ1) is 19.7. The van der Waals surface area contributed by atoms with E-state index in [9.17, 15) is 14.7 Å². The zero-order chi connectivity index (χ0) is 29.2. The predicted molar refractivity (Wildman–Crippen MR) is 158 cm³/mol. The van der Waals surface area contributed by atoms with Crippen LogP contribution in [0.3, 0.4) is 0 Å². The van der Waals surface area contributed by atoms with Crippen molar-refractivity contribution in [1.29, 1.82) is 0 Å². The van der Waals surface area contributed by atoms with Gasteiger partial charge in [0.1, 0.15) is 17.3 Å². The number of hydrogen-bond donors (Lipinski definition) is 2. The number of unbranched alkanes of at least 4 members (excludes halogenated alkanes) is 1. The molecule has 1 atom stereocenters. The minimum atomic E-state index is -0.859. The molecule has 2 N–H and O–H groups in total. The minimum Gasteiger partial charge on any atom is -0.497 e. The summed E-state index contributed by atoms with van der Waals surface area (Å²) in [6.07, 6.45) is 7.84. The molecule has 2 saturated heterocycles. The van der Waals surface area contributed by atoms with Crippen LogP contribution in [0.1, 0.15) is 88.1 Å². The van der Waals surface area contributed by atoms with E-state index in [1.165, 1.54) is 5.56 Å². The van der Waals surface area contributed by atoms with Crippen LogP contribution < -0.4 is 10.1 Å². The van der Waals surface area contributed by atoms with Crippen LogP contribution in [0.25, 0.3) is 5.69 Å². The quantitative estimate of drug-likeness (QED) is 0.476. The molecule has 2 aliphatic heterocycles. The third-order valence-corrected chi connectivity index (χ3v) is 9.74. The standard InChI is InChI=1S/C32H47N5O4/c1-5-6-18-36-29(38)28(21-31(40)14-8-7-9-15-31)33-30(39)32(36)16-19-35(20-17-32)22-27-23(2)34-37(24(27)3)25-10-12-26(41-4)13-11-25/h10-13,28,40H,5-9,14-22H2,1-4H3,(H,33,39)/t28-/m1/s1. The van der Waals surface area contributed by atoms with E-state index in [1.807, 2.05) is 40.8 Å². The fourth-order valence-corrected chi connectivity index (χ4v) is 7.13. The van der Waals surface area contributed by atoms with Gasteiger partial charge in [0.2, 0.25) is 11.8 Å². The Bertz CT molecular complexity index is 1230. The van der Waals surface area contributed by atoms with E-state index in [1.54, 1.807) is 7.11 Å². The van der Waals surface area contributed by atoms with Crippen LogP contribution in [-0.2, 0) is 16.1 Å². The van der Waals surface area contributed by atoms with Gasteiger partial charge in [-0.3, -0.25) is 14.5 Å². The van der Waals surface area contributed by atoms with Crippen molar-refractivity contribution in [2.45, 2.75) is 109 Å². The van der Waals surface area contributed by atoms with Crippen molar-refractivity contribution >= 4 is 11.8 Å². The van der Waals surface area contributed by atoms with Crippen LogP contribution in [0, 0.1) is 13.8 Å². The van der Waals surface area contributed by atoms with Gasteiger partial charge in [-0.15, -0.1) is 0 Å². The van der Waals surface area contributed by atoms with Gasteiger partial charge in [0.05, 0.1) is 24.1 Å². The zero-order valence-electron chi connectivity index (χ0n) is 25.2. The summed E-state index contributed by atoms with van der Waals surface area (Å²) in [7, 11) is 1.66. The molecule has 0 unspecified atom stereocenters. The monoisotopic (exact) mass is 565 g/mol. The van der Waals surface area contributed by atoms with Crippen molar-refractivity contribution in [2.24, 2.45) is 0 Å². The highest BCUT2D eigenvalue weighted by Gasteiger charge is 2.54. The van der Waals surface area contributed by atoms with E-state index in [2.05, 4.69) is 24.1 Å². The van der Waals surface area contributed by atoms with Gasteiger partial charge in [0.15, 0.2) is 0 Å². The Kier molecular flexibility index (Phi) is 8.76. The number of piperazine rings is 1. The Morgan fingerprint density at radius 1 is 1.05 bits per heavy atom. The first-order valence-electron chi connectivity index (χ1n) is 15.5. The Hall–Kier alpha value is -2.91. The lowest BCUT2D eigenvalue weighted by molar-refractivity contribution is -0.163. The molecule has 1 aliphatic carbocycles. The van der Waals surface area contributed by atoms with Crippen LogP contribution in [0.4, 0.5) is 0 Å². The number of rotatable bonds is 9.